The van der Waals surface area contributed by atoms with Crippen LogP contribution in [0.2, 0.25) is 0 Å². The predicted octanol–water partition coefficient (Wildman–Crippen LogP) is 0.220. The summed E-state index contributed by atoms with van der Waals surface area (Å²) < 4.78 is 36.8. The number of alkyl halides is 3. The zero-order valence-electron chi connectivity index (χ0n) is 9.28. The first kappa shape index (κ1) is 14.8. The van der Waals surface area contributed by atoms with E-state index in [-0.39, 0.29) is 29.8 Å². The normalized spacial score (nSPS) is 11.6. The van der Waals surface area contributed by atoms with E-state index in [0.717, 1.165) is 0 Å². The molecule has 6 nitrogen and oxygen atoms in total. The van der Waals surface area contributed by atoms with Gasteiger partial charge in [0.25, 0.3) is 5.91 Å². The van der Waals surface area contributed by atoms with E-state index in [2.05, 4.69) is 15.6 Å². The molecule has 1 rings (SSSR count). The van der Waals surface area contributed by atoms with Crippen molar-refractivity contribution in [1.82, 2.24) is 20.3 Å². The van der Waals surface area contributed by atoms with Crippen molar-refractivity contribution in [2.75, 3.05) is 18.8 Å². The highest BCUT2D eigenvalue weighted by Gasteiger charge is 2.27. The minimum Gasteiger partial charge on any atom is -0.350 e. The Morgan fingerprint density at radius 2 is 2.28 bits per heavy atom. The van der Waals surface area contributed by atoms with Gasteiger partial charge in [-0.2, -0.15) is 13.2 Å². The molecule has 1 amide bonds. The topological polar surface area (TPSA) is 85.8 Å². The molecule has 0 saturated carbocycles. The molecule has 3 N–H and O–H groups in total. The maximum atomic E-state index is 11.8. The van der Waals surface area contributed by atoms with Crippen molar-refractivity contribution >= 4 is 17.7 Å². The lowest BCUT2D eigenvalue weighted by atomic mass is 10.4. The van der Waals surface area contributed by atoms with E-state index < -0.39 is 11.4 Å². The first-order valence-electron chi connectivity index (χ1n) is 5.01. The van der Waals surface area contributed by atoms with E-state index in [1.165, 1.54) is 10.9 Å². The van der Waals surface area contributed by atoms with Crippen molar-refractivity contribution < 1.29 is 18.0 Å². The zero-order valence-corrected chi connectivity index (χ0v) is 10.1. The molecule has 1 heterocycles. The molecule has 0 fully saturated rings. The second-order valence-electron chi connectivity index (χ2n) is 3.21. The fourth-order valence-electron chi connectivity index (χ4n) is 1.07. The Balaban J connectivity index is 2.31. The van der Waals surface area contributed by atoms with Gasteiger partial charge in [0.05, 0.1) is 12.7 Å². The number of carbonyl (C=O) groups is 1. The monoisotopic (exact) mass is 283 g/mol. The van der Waals surface area contributed by atoms with Gasteiger partial charge in [0, 0.05) is 18.8 Å². The van der Waals surface area contributed by atoms with Crippen LogP contribution < -0.4 is 11.1 Å². The van der Waals surface area contributed by atoms with Crippen LogP contribution in [0.5, 0.6) is 0 Å². The number of carbonyl (C=O) groups excluding carboxylic acids is 1. The van der Waals surface area contributed by atoms with Crippen LogP contribution in [-0.2, 0) is 6.54 Å². The summed E-state index contributed by atoms with van der Waals surface area (Å²) in [6.07, 6.45) is 1.39. The number of nitrogens with zero attached hydrogens (tertiary/aromatic N) is 3. The summed E-state index contributed by atoms with van der Waals surface area (Å²) in [5, 5.41) is 9.53. The Bertz CT molecular complexity index is 394. The molecule has 0 radical (unpaired) electrons. The predicted molar refractivity (Wildman–Crippen MR) is 59.9 cm³/mol. The molecule has 1 aromatic heterocycles. The van der Waals surface area contributed by atoms with Crippen molar-refractivity contribution in [3.05, 3.63) is 11.9 Å². The molecule has 0 aromatic carbocycles. The summed E-state index contributed by atoms with van der Waals surface area (Å²) in [4.78, 5) is 11.4. The number of halogens is 3. The number of hydrogen-bond donors (Lipinski definition) is 2. The van der Waals surface area contributed by atoms with Gasteiger partial charge in [0.15, 0.2) is 5.69 Å². The molecule has 1 aromatic rings. The third-order valence-corrected chi connectivity index (χ3v) is 2.52. The van der Waals surface area contributed by atoms with Crippen LogP contribution in [0, 0.1) is 0 Å². The molecule has 0 aliphatic rings. The van der Waals surface area contributed by atoms with Gasteiger partial charge in [-0.25, -0.2) is 0 Å². The van der Waals surface area contributed by atoms with Crippen LogP contribution in [0.25, 0.3) is 0 Å². The molecular weight excluding hydrogens is 271 g/mol. The second-order valence-corrected chi connectivity index (χ2v) is 4.37. The van der Waals surface area contributed by atoms with Crippen molar-refractivity contribution in [2.24, 2.45) is 5.73 Å². The van der Waals surface area contributed by atoms with Gasteiger partial charge in [-0.3, -0.25) is 9.48 Å². The number of nitrogens with one attached hydrogen (secondary N) is 1. The van der Waals surface area contributed by atoms with Crippen molar-refractivity contribution in [2.45, 2.75) is 12.1 Å². The van der Waals surface area contributed by atoms with Crippen LogP contribution in [0.3, 0.4) is 0 Å². The second kappa shape index (κ2) is 6.59. The summed E-state index contributed by atoms with van der Waals surface area (Å²) >= 11 is -0.188. The van der Waals surface area contributed by atoms with Gasteiger partial charge in [0.1, 0.15) is 0 Å². The van der Waals surface area contributed by atoms with Gasteiger partial charge in [0.2, 0.25) is 0 Å². The summed E-state index contributed by atoms with van der Waals surface area (Å²) in [6.45, 7) is 0.684. The number of rotatable bonds is 6. The minimum atomic E-state index is -4.28. The van der Waals surface area contributed by atoms with Crippen LogP contribution >= 0.6 is 11.8 Å². The molecule has 102 valence electrons. The maximum Gasteiger partial charge on any atom is 0.441 e. The van der Waals surface area contributed by atoms with Crippen molar-refractivity contribution in [3.63, 3.8) is 0 Å². The third kappa shape index (κ3) is 5.36. The van der Waals surface area contributed by atoms with E-state index in [1.54, 1.807) is 0 Å². The fourth-order valence-corrected chi connectivity index (χ4v) is 1.50. The van der Waals surface area contributed by atoms with E-state index in [1.807, 2.05) is 0 Å². The Morgan fingerprint density at radius 3 is 2.89 bits per heavy atom. The van der Waals surface area contributed by atoms with E-state index in [4.69, 9.17) is 5.73 Å². The molecule has 18 heavy (non-hydrogen) atoms. The first-order chi connectivity index (χ1) is 8.42. The highest BCUT2D eigenvalue weighted by atomic mass is 32.2. The van der Waals surface area contributed by atoms with Crippen molar-refractivity contribution in [1.29, 1.82) is 0 Å². The molecule has 0 aliphatic carbocycles. The average Bonchev–Trinajstić information content (AvgIpc) is 2.72. The number of amides is 1. The van der Waals surface area contributed by atoms with Crippen LogP contribution in [0.4, 0.5) is 13.2 Å². The van der Waals surface area contributed by atoms with Gasteiger partial charge in [-0.05, 0) is 11.8 Å². The Morgan fingerprint density at radius 1 is 1.56 bits per heavy atom. The Hall–Kier alpha value is -1.29. The van der Waals surface area contributed by atoms with Crippen LogP contribution in [-0.4, -0.2) is 45.3 Å². The van der Waals surface area contributed by atoms with Crippen LogP contribution in [0.15, 0.2) is 6.20 Å². The smallest absolute Gasteiger partial charge is 0.350 e. The first-order valence-corrected chi connectivity index (χ1v) is 6.00. The quantitative estimate of drug-likeness (QED) is 0.729. The highest BCUT2D eigenvalue weighted by Crippen LogP contribution is 2.29. The molecule has 0 spiro atoms. The van der Waals surface area contributed by atoms with E-state index in [0.29, 0.717) is 13.1 Å². The lowest BCUT2D eigenvalue weighted by molar-refractivity contribution is -0.0327. The van der Waals surface area contributed by atoms with Crippen molar-refractivity contribution in [3.8, 4) is 0 Å². The molecule has 0 bridgehead atoms. The average molecular weight is 283 g/mol. The molecule has 0 unspecified atom stereocenters. The molecule has 0 saturated heterocycles. The zero-order chi connectivity index (χ0) is 13.6. The summed E-state index contributed by atoms with van der Waals surface area (Å²) in [5.41, 5.74) is 1.06. The molecule has 0 atom stereocenters. The van der Waals surface area contributed by atoms with Crippen LogP contribution in [0.1, 0.15) is 10.5 Å². The lowest BCUT2D eigenvalue weighted by Gasteiger charge is -2.05. The largest absolute Gasteiger partial charge is 0.441 e. The minimum absolute atomic E-state index is 0.0560. The summed E-state index contributed by atoms with van der Waals surface area (Å²) in [6, 6.07) is 0. The highest BCUT2D eigenvalue weighted by molar-refractivity contribution is 8.00. The number of nitrogens with two attached hydrogens (primary N) is 1. The number of aromatic nitrogens is 3. The van der Waals surface area contributed by atoms with E-state index >= 15 is 0 Å². The van der Waals surface area contributed by atoms with Gasteiger partial charge in [-0.15, -0.1) is 5.10 Å². The van der Waals surface area contributed by atoms with Gasteiger partial charge in [-0.1, -0.05) is 5.21 Å². The fraction of sp³-hybridized carbons (Fsp3) is 0.625. The molecule has 10 heteroatoms. The number of thioether (sulfide) groups is 1. The maximum absolute atomic E-state index is 11.8. The summed E-state index contributed by atoms with van der Waals surface area (Å²) in [5.74, 6) is -0.798. The molecular formula is C8H12F3N5OS. The standard InChI is InChI=1S/C8H12F3N5OS/c9-8(10,11)18-4-2-13-7(17)6-5-16(3-1-12)15-14-6/h5H,1-4,12H2,(H,13,17). The number of hydrogen-bond acceptors (Lipinski definition) is 5. The van der Waals surface area contributed by atoms with E-state index in [9.17, 15) is 18.0 Å². The van der Waals surface area contributed by atoms with Gasteiger partial charge < -0.3 is 11.1 Å². The summed E-state index contributed by atoms with van der Waals surface area (Å²) in [7, 11) is 0. The Labute approximate surface area is 105 Å². The van der Waals surface area contributed by atoms with Gasteiger partial charge >= 0.3 is 5.51 Å². The third-order valence-electron chi connectivity index (χ3n) is 1.78. The Kier molecular flexibility index (Phi) is 5.41. The SMILES string of the molecule is NCCn1cc(C(=O)NCCSC(F)(F)F)nn1. The molecule has 0 aliphatic heterocycles. The lowest BCUT2D eigenvalue weighted by Crippen LogP contribution is -2.26.